The Morgan fingerprint density at radius 2 is 1.92 bits per heavy atom. The third kappa shape index (κ3) is 6.57. The predicted octanol–water partition coefficient (Wildman–Crippen LogP) is 2.07. The highest BCUT2D eigenvalue weighted by molar-refractivity contribution is 7.92. The van der Waals surface area contributed by atoms with Crippen LogP contribution in [0.3, 0.4) is 0 Å². The highest BCUT2D eigenvalue weighted by Gasteiger charge is 2.22. The molecule has 24 heavy (non-hydrogen) atoms. The number of anilines is 1. The standard InChI is InChI=1S/C16H24N2O5S/c1-4-8-24(22,23)18-13-7-5-6-12(10-13)15(19)17-14(16(20)21)9-11(2)3/h5-7,10-11,14,18H,4,8-9H2,1-3H3,(H,17,19)(H,20,21)/t14-/m0/s1. The molecule has 0 aliphatic carbocycles. The van der Waals surface area contributed by atoms with E-state index >= 15 is 0 Å². The van der Waals surface area contributed by atoms with Crippen LogP contribution in [-0.4, -0.2) is 37.2 Å². The molecule has 0 heterocycles. The summed E-state index contributed by atoms with van der Waals surface area (Å²) >= 11 is 0. The van der Waals surface area contributed by atoms with Crippen molar-refractivity contribution in [3.8, 4) is 0 Å². The number of carboxylic acids is 1. The molecule has 1 aromatic rings. The third-order valence-corrected chi connectivity index (χ3v) is 4.67. The zero-order valence-corrected chi connectivity index (χ0v) is 14.9. The molecule has 0 fully saturated rings. The molecule has 0 spiro atoms. The molecular formula is C16H24N2O5S. The first-order valence-electron chi connectivity index (χ1n) is 7.79. The molecule has 0 bridgehead atoms. The lowest BCUT2D eigenvalue weighted by Gasteiger charge is -2.17. The second-order valence-corrected chi connectivity index (χ2v) is 7.84. The molecule has 3 N–H and O–H groups in total. The average Bonchev–Trinajstić information content (AvgIpc) is 2.45. The molecule has 8 heteroatoms. The van der Waals surface area contributed by atoms with Crippen LogP contribution in [0.5, 0.6) is 0 Å². The summed E-state index contributed by atoms with van der Waals surface area (Å²) in [5.74, 6) is -1.56. The van der Waals surface area contributed by atoms with Gasteiger partial charge in [-0.1, -0.05) is 26.8 Å². The lowest BCUT2D eigenvalue weighted by molar-refractivity contribution is -0.139. The smallest absolute Gasteiger partial charge is 0.326 e. The maximum Gasteiger partial charge on any atom is 0.326 e. The molecule has 1 amide bonds. The first-order chi connectivity index (χ1) is 11.1. The van der Waals surface area contributed by atoms with Crippen LogP contribution in [0.1, 0.15) is 44.0 Å². The molecule has 0 aromatic heterocycles. The normalized spacial score (nSPS) is 12.7. The predicted molar refractivity (Wildman–Crippen MR) is 92.5 cm³/mol. The van der Waals surface area contributed by atoms with Crippen molar-refractivity contribution in [2.24, 2.45) is 5.92 Å². The number of amides is 1. The Morgan fingerprint density at radius 3 is 2.46 bits per heavy atom. The monoisotopic (exact) mass is 356 g/mol. The summed E-state index contributed by atoms with van der Waals surface area (Å²) in [4.78, 5) is 23.5. The van der Waals surface area contributed by atoms with Crippen LogP contribution in [0.25, 0.3) is 0 Å². The number of hydrogen-bond donors (Lipinski definition) is 3. The molecular weight excluding hydrogens is 332 g/mol. The van der Waals surface area contributed by atoms with E-state index in [2.05, 4.69) is 10.0 Å². The largest absolute Gasteiger partial charge is 0.480 e. The summed E-state index contributed by atoms with van der Waals surface area (Å²) in [6.45, 7) is 5.49. The van der Waals surface area contributed by atoms with Crippen molar-refractivity contribution in [3.05, 3.63) is 29.8 Å². The Hall–Kier alpha value is -2.09. The molecule has 0 unspecified atom stereocenters. The van der Waals surface area contributed by atoms with Gasteiger partial charge in [0.1, 0.15) is 6.04 Å². The Labute approximate surface area is 142 Å². The Balaban J connectivity index is 2.88. The van der Waals surface area contributed by atoms with E-state index < -0.39 is 27.9 Å². The molecule has 7 nitrogen and oxygen atoms in total. The number of aliphatic carboxylic acids is 1. The first kappa shape index (κ1) is 20.0. The highest BCUT2D eigenvalue weighted by atomic mass is 32.2. The molecule has 0 aliphatic heterocycles. The number of hydrogen-bond acceptors (Lipinski definition) is 4. The van der Waals surface area contributed by atoms with Gasteiger partial charge in [0, 0.05) is 11.3 Å². The minimum atomic E-state index is -3.46. The van der Waals surface area contributed by atoms with Gasteiger partial charge in [0.15, 0.2) is 0 Å². The van der Waals surface area contributed by atoms with Crippen molar-refractivity contribution >= 4 is 27.6 Å². The number of carbonyl (C=O) groups is 2. The Morgan fingerprint density at radius 1 is 1.25 bits per heavy atom. The number of carboxylic acid groups (broad SMARTS) is 1. The van der Waals surface area contributed by atoms with Crippen LogP contribution < -0.4 is 10.0 Å². The van der Waals surface area contributed by atoms with E-state index in [0.29, 0.717) is 12.8 Å². The molecule has 0 saturated heterocycles. The second-order valence-electron chi connectivity index (χ2n) is 6.00. The van der Waals surface area contributed by atoms with E-state index in [-0.39, 0.29) is 22.9 Å². The Kier molecular flexibility index (Phi) is 7.21. The van der Waals surface area contributed by atoms with Crippen LogP contribution >= 0.6 is 0 Å². The zero-order chi connectivity index (χ0) is 18.3. The van der Waals surface area contributed by atoms with E-state index in [1.807, 2.05) is 13.8 Å². The van der Waals surface area contributed by atoms with Crippen molar-refractivity contribution in [2.45, 2.75) is 39.7 Å². The van der Waals surface area contributed by atoms with Crippen LogP contribution in [0.4, 0.5) is 5.69 Å². The van der Waals surface area contributed by atoms with Crippen molar-refractivity contribution in [3.63, 3.8) is 0 Å². The van der Waals surface area contributed by atoms with Gasteiger partial charge in [0.25, 0.3) is 5.91 Å². The third-order valence-electron chi connectivity index (χ3n) is 3.18. The number of carbonyl (C=O) groups excluding carboxylic acids is 1. The average molecular weight is 356 g/mol. The van der Waals surface area contributed by atoms with Gasteiger partial charge in [-0.2, -0.15) is 0 Å². The van der Waals surface area contributed by atoms with Crippen LogP contribution in [-0.2, 0) is 14.8 Å². The SMILES string of the molecule is CCCS(=O)(=O)Nc1cccc(C(=O)N[C@@H](CC(C)C)C(=O)O)c1. The minimum absolute atomic E-state index is 0.0150. The maximum atomic E-state index is 12.2. The van der Waals surface area contributed by atoms with Crippen molar-refractivity contribution in [1.82, 2.24) is 5.32 Å². The molecule has 0 saturated carbocycles. The lowest BCUT2D eigenvalue weighted by atomic mass is 10.0. The van der Waals surface area contributed by atoms with Crippen molar-refractivity contribution < 1.29 is 23.1 Å². The minimum Gasteiger partial charge on any atom is -0.480 e. The van der Waals surface area contributed by atoms with Gasteiger partial charge < -0.3 is 10.4 Å². The van der Waals surface area contributed by atoms with Gasteiger partial charge in [-0.15, -0.1) is 0 Å². The van der Waals surface area contributed by atoms with Gasteiger partial charge in [-0.25, -0.2) is 13.2 Å². The van der Waals surface area contributed by atoms with Gasteiger partial charge in [0.2, 0.25) is 10.0 Å². The van der Waals surface area contributed by atoms with Crippen molar-refractivity contribution in [2.75, 3.05) is 10.5 Å². The number of nitrogens with one attached hydrogen (secondary N) is 2. The molecule has 0 radical (unpaired) electrons. The van der Waals surface area contributed by atoms with Crippen molar-refractivity contribution in [1.29, 1.82) is 0 Å². The fraction of sp³-hybridized carbons (Fsp3) is 0.500. The fourth-order valence-corrected chi connectivity index (χ4v) is 3.28. The topological polar surface area (TPSA) is 113 Å². The maximum absolute atomic E-state index is 12.2. The van der Waals surface area contributed by atoms with E-state index in [0.717, 1.165) is 0 Å². The van der Waals surface area contributed by atoms with Gasteiger partial charge in [0.05, 0.1) is 5.75 Å². The Bertz CT molecular complexity index is 685. The summed E-state index contributed by atoms with van der Waals surface area (Å²) in [5.41, 5.74) is 0.466. The summed E-state index contributed by atoms with van der Waals surface area (Å²) in [5, 5.41) is 11.6. The highest BCUT2D eigenvalue weighted by Crippen LogP contribution is 2.14. The fourth-order valence-electron chi connectivity index (χ4n) is 2.16. The summed E-state index contributed by atoms with van der Waals surface area (Å²) < 4.78 is 26.0. The summed E-state index contributed by atoms with van der Waals surface area (Å²) in [6.07, 6.45) is 0.787. The second kappa shape index (κ2) is 8.68. The molecule has 1 rings (SSSR count). The quantitative estimate of drug-likeness (QED) is 0.627. The summed E-state index contributed by atoms with van der Waals surface area (Å²) in [7, 11) is -3.46. The van der Waals surface area contributed by atoms with E-state index in [1.54, 1.807) is 6.92 Å². The van der Waals surface area contributed by atoms with Crippen LogP contribution in [0.15, 0.2) is 24.3 Å². The summed E-state index contributed by atoms with van der Waals surface area (Å²) in [6, 6.07) is 4.97. The number of benzene rings is 1. The molecule has 0 aliphatic rings. The van der Waals surface area contributed by atoms with E-state index in [4.69, 9.17) is 0 Å². The number of sulfonamides is 1. The molecule has 1 aromatic carbocycles. The van der Waals surface area contributed by atoms with Crippen LogP contribution in [0.2, 0.25) is 0 Å². The first-order valence-corrected chi connectivity index (χ1v) is 9.44. The van der Waals surface area contributed by atoms with Crippen LogP contribution in [0, 0.1) is 5.92 Å². The molecule has 134 valence electrons. The lowest BCUT2D eigenvalue weighted by Crippen LogP contribution is -2.41. The van der Waals surface area contributed by atoms with Gasteiger partial charge >= 0.3 is 5.97 Å². The van der Waals surface area contributed by atoms with E-state index in [9.17, 15) is 23.1 Å². The van der Waals surface area contributed by atoms with E-state index in [1.165, 1.54) is 24.3 Å². The van der Waals surface area contributed by atoms with Gasteiger partial charge in [-0.05, 0) is 37.0 Å². The molecule has 1 atom stereocenters. The zero-order valence-electron chi connectivity index (χ0n) is 14.1. The van der Waals surface area contributed by atoms with Gasteiger partial charge in [-0.3, -0.25) is 9.52 Å². The number of rotatable bonds is 9.